The molecule has 0 bridgehead atoms. The molecule has 0 aliphatic rings. The van der Waals surface area contributed by atoms with Gasteiger partial charge in [0.05, 0.1) is 13.2 Å². The molecule has 3 atom stereocenters. The minimum absolute atomic E-state index is 0.102. The van der Waals surface area contributed by atoms with Crippen LogP contribution >= 0.6 is 24.4 Å². The normalized spacial score (nSPS) is 14.1. The van der Waals surface area contributed by atoms with E-state index in [1.807, 2.05) is 6.26 Å². The number of hydrogen-bond donors (Lipinski definition) is 7. The van der Waals surface area contributed by atoms with Gasteiger partial charge in [0, 0.05) is 5.75 Å². The smallest absolute Gasteiger partial charge is 0.328 e. The van der Waals surface area contributed by atoms with Crippen molar-refractivity contribution in [2.24, 2.45) is 5.73 Å². The molecule has 0 radical (unpaired) electrons. The number of aliphatic carboxylic acids is 1. The molecule has 3 unspecified atom stereocenters. The fourth-order valence-electron chi connectivity index (χ4n) is 1.68. The molecular formula is C13H24N4O6S2. The lowest BCUT2D eigenvalue weighted by Crippen LogP contribution is -2.57. The van der Waals surface area contributed by atoms with Crippen LogP contribution in [0.15, 0.2) is 0 Å². The van der Waals surface area contributed by atoms with Crippen molar-refractivity contribution < 1.29 is 29.4 Å². The molecule has 0 rings (SSSR count). The lowest BCUT2D eigenvalue weighted by Gasteiger charge is -2.23. The van der Waals surface area contributed by atoms with E-state index in [1.54, 1.807) is 0 Å². The number of thiol groups is 1. The van der Waals surface area contributed by atoms with Crippen molar-refractivity contribution in [2.45, 2.75) is 24.5 Å². The van der Waals surface area contributed by atoms with E-state index in [0.717, 1.165) is 0 Å². The maximum atomic E-state index is 12.3. The zero-order chi connectivity index (χ0) is 19.4. The number of carbonyl (C=O) groups is 4. The number of carboxylic acids is 1. The molecule has 0 saturated heterocycles. The van der Waals surface area contributed by atoms with Crippen LogP contribution in [-0.2, 0) is 19.2 Å². The summed E-state index contributed by atoms with van der Waals surface area (Å²) in [5, 5.41) is 24.7. The first-order chi connectivity index (χ1) is 11.8. The quantitative estimate of drug-likeness (QED) is 0.173. The third-order valence-electron chi connectivity index (χ3n) is 3.06. The van der Waals surface area contributed by atoms with Gasteiger partial charge >= 0.3 is 5.97 Å². The van der Waals surface area contributed by atoms with Crippen LogP contribution in [0.5, 0.6) is 0 Å². The highest BCUT2D eigenvalue weighted by Gasteiger charge is 2.28. The SMILES string of the molecule is CSCCC(NC(=O)CN)C(=O)NC(CS)C(=O)NC(CO)C(=O)O. The van der Waals surface area contributed by atoms with Gasteiger partial charge in [-0.05, 0) is 18.4 Å². The van der Waals surface area contributed by atoms with Gasteiger partial charge in [-0.2, -0.15) is 24.4 Å². The summed E-state index contributed by atoms with van der Waals surface area (Å²) in [6, 6.07) is -3.50. The molecule has 0 aliphatic heterocycles. The highest BCUT2D eigenvalue weighted by atomic mass is 32.2. The highest BCUT2D eigenvalue weighted by Crippen LogP contribution is 2.02. The monoisotopic (exact) mass is 396 g/mol. The lowest BCUT2D eigenvalue weighted by molar-refractivity contribution is -0.143. The van der Waals surface area contributed by atoms with E-state index >= 15 is 0 Å². The van der Waals surface area contributed by atoms with Gasteiger partial charge in [0.2, 0.25) is 17.7 Å². The van der Waals surface area contributed by atoms with E-state index in [4.69, 9.17) is 15.9 Å². The Morgan fingerprint density at radius 2 is 1.64 bits per heavy atom. The summed E-state index contributed by atoms with van der Waals surface area (Å²) in [6.45, 7) is -1.08. The second kappa shape index (κ2) is 12.8. The first-order valence-electron chi connectivity index (χ1n) is 7.34. The minimum atomic E-state index is -1.49. The van der Waals surface area contributed by atoms with Gasteiger partial charge < -0.3 is 31.9 Å². The molecule has 0 aromatic rings. The Morgan fingerprint density at radius 1 is 1.08 bits per heavy atom. The van der Waals surface area contributed by atoms with Crippen LogP contribution in [0.4, 0.5) is 0 Å². The van der Waals surface area contributed by atoms with Gasteiger partial charge in [-0.1, -0.05) is 0 Å². The number of rotatable bonds is 12. The van der Waals surface area contributed by atoms with Crippen LogP contribution in [0.1, 0.15) is 6.42 Å². The predicted octanol–water partition coefficient (Wildman–Crippen LogP) is -2.84. The number of hydrogen-bond acceptors (Lipinski definition) is 8. The van der Waals surface area contributed by atoms with E-state index < -0.39 is 48.4 Å². The average Bonchev–Trinajstić information content (AvgIpc) is 2.59. The summed E-state index contributed by atoms with van der Waals surface area (Å²) in [6.07, 6.45) is 2.17. The zero-order valence-corrected chi connectivity index (χ0v) is 15.4. The maximum Gasteiger partial charge on any atom is 0.328 e. The first kappa shape index (κ1) is 23.5. The summed E-state index contributed by atoms with van der Waals surface area (Å²) in [4.78, 5) is 46.6. The number of carboxylic acid groups (broad SMARTS) is 1. The molecule has 10 nitrogen and oxygen atoms in total. The van der Waals surface area contributed by atoms with Crippen LogP contribution < -0.4 is 21.7 Å². The molecule has 0 aliphatic carbocycles. The number of aliphatic hydroxyl groups excluding tert-OH is 1. The van der Waals surface area contributed by atoms with Gasteiger partial charge in [0.25, 0.3) is 0 Å². The van der Waals surface area contributed by atoms with Crippen molar-refractivity contribution in [1.29, 1.82) is 0 Å². The lowest BCUT2D eigenvalue weighted by atomic mass is 10.1. The summed E-state index contributed by atoms with van der Waals surface area (Å²) >= 11 is 5.44. The zero-order valence-electron chi connectivity index (χ0n) is 13.7. The molecular weight excluding hydrogens is 372 g/mol. The Morgan fingerprint density at radius 3 is 2.08 bits per heavy atom. The van der Waals surface area contributed by atoms with Crippen molar-refractivity contribution >= 4 is 48.1 Å². The largest absolute Gasteiger partial charge is 0.480 e. The van der Waals surface area contributed by atoms with E-state index in [0.29, 0.717) is 12.2 Å². The van der Waals surface area contributed by atoms with Gasteiger partial charge in [-0.3, -0.25) is 14.4 Å². The van der Waals surface area contributed by atoms with Crippen molar-refractivity contribution in [2.75, 3.05) is 30.9 Å². The van der Waals surface area contributed by atoms with Gasteiger partial charge in [-0.25, -0.2) is 4.79 Å². The fourth-order valence-corrected chi connectivity index (χ4v) is 2.41. The van der Waals surface area contributed by atoms with Crippen molar-refractivity contribution in [1.82, 2.24) is 16.0 Å². The molecule has 0 spiro atoms. The topological polar surface area (TPSA) is 171 Å². The van der Waals surface area contributed by atoms with E-state index in [9.17, 15) is 19.2 Å². The number of amides is 3. The molecule has 0 saturated carbocycles. The highest BCUT2D eigenvalue weighted by molar-refractivity contribution is 7.98. The van der Waals surface area contributed by atoms with Gasteiger partial charge in [0.15, 0.2) is 0 Å². The molecule has 3 amide bonds. The van der Waals surface area contributed by atoms with E-state index in [1.165, 1.54) is 11.8 Å². The van der Waals surface area contributed by atoms with Crippen LogP contribution in [0.3, 0.4) is 0 Å². The Labute approximate surface area is 155 Å². The molecule has 7 N–H and O–H groups in total. The van der Waals surface area contributed by atoms with Crippen LogP contribution in [0.2, 0.25) is 0 Å². The van der Waals surface area contributed by atoms with Gasteiger partial charge in [-0.15, -0.1) is 0 Å². The standard InChI is InChI=1S/C13H24N4O6S2/c1-25-3-2-7(15-10(19)4-14)11(20)17-9(6-24)12(21)16-8(5-18)13(22)23/h7-9,18,24H,2-6,14H2,1H3,(H,15,19)(H,16,21)(H,17,20)(H,22,23). The number of aliphatic hydroxyl groups is 1. The van der Waals surface area contributed by atoms with Crippen molar-refractivity contribution in [3.8, 4) is 0 Å². The molecule has 12 heteroatoms. The summed E-state index contributed by atoms with van der Waals surface area (Å²) in [5.74, 6) is -2.85. The number of nitrogens with one attached hydrogen (secondary N) is 3. The third-order valence-corrected chi connectivity index (χ3v) is 4.07. The van der Waals surface area contributed by atoms with Crippen LogP contribution in [0.25, 0.3) is 0 Å². The summed E-state index contributed by atoms with van der Waals surface area (Å²) in [5.41, 5.74) is 5.22. The molecule has 0 aromatic heterocycles. The minimum Gasteiger partial charge on any atom is -0.480 e. The number of thioether (sulfide) groups is 1. The van der Waals surface area contributed by atoms with E-state index in [2.05, 4.69) is 28.6 Å². The molecule has 0 aromatic carbocycles. The van der Waals surface area contributed by atoms with E-state index in [-0.39, 0.29) is 12.3 Å². The summed E-state index contributed by atoms with van der Waals surface area (Å²) < 4.78 is 0. The van der Waals surface area contributed by atoms with Crippen molar-refractivity contribution in [3.05, 3.63) is 0 Å². The second-order valence-corrected chi connectivity index (χ2v) is 6.28. The van der Waals surface area contributed by atoms with Crippen LogP contribution in [-0.4, -0.2) is 82.9 Å². The Hall–Kier alpha value is -1.50. The number of nitrogens with two attached hydrogens (primary N) is 1. The molecule has 0 heterocycles. The second-order valence-electron chi connectivity index (χ2n) is 4.93. The molecule has 25 heavy (non-hydrogen) atoms. The Kier molecular flexibility index (Phi) is 12.0. The summed E-state index contributed by atoms with van der Waals surface area (Å²) in [7, 11) is 0. The molecule has 144 valence electrons. The predicted molar refractivity (Wildman–Crippen MR) is 96.4 cm³/mol. The van der Waals surface area contributed by atoms with Gasteiger partial charge in [0.1, 0.15) is 18.1 Å². The fraction of sp³-hybridized carbons (Fsp3) is 0.692. The average molecular weight is 396 g/mol. The number of carbonyl (C=O) groups excluding carboxylic acids is 3. The maximum absolute atomic E-state index is 12.3. The van der Waals surface area contributed by atoms with Crippen LogP contribution in [0, 0.1) is 0 Å². The van der Waals surface area contributed by atoms with Crippen molar-refractivity contribution in [3.63, 3.8) is 0 Å². The Balaban J connectivity index is 4.92. The Bertz CT molecular complexity index is 479. The first-order valence-corrected chi connectivity index (χ1v) is 9.36. The third kappa shape index (κ3) is 8.95. The molecule has 0 fully saturated rings.